The summed E-state index contributed by atoms with van der Waals surface area (Å²) in [6.45, 7) is 5.12. The molecule has 0 aliphatic carbocycles. The fourth-order valence-corrected chi connectivity index (χ4v) is 1.91. The highest BCUT2D eigenvalue weighted by Gasteiger charge is 2.09. The summed E-state index contributed by atoms with van der Waals surface area (Å²) in [5, 5.41) is 4.19. The van der Waals surface area contributed by atoms with Crippen molar-refractivity contribution in [2.45, 2.75) is 26.4 Å². The first kappa shape index (κ1) is 10.6. The van der Waals surface area contributed by atoms with Crippen LogP contribution in [0.2, 0.25) is 0 Å². The monoisotopic (exact) mass is 199 g/mol. The van der Waals surface area contributed by atoms with Gasteiger partial charge in [-0.05, 0) is 18.7 Å². The van der Waals surface area contributed by atoms with Crippen molar-refractivity contribution >= 4 is 11.8 Å². The molecule has 0 saturated heterocycles. The smallest absolute Gasteiger partial charge is 0.0559 e. The van der Waals surface area contributed by atoms with Crippen molar-refractivity contribution in [1.82, 2.24) is 9.78 Å². The summed E-state index contributed by atoms with van der Waals surface area (Å²) in [6.07, 6.45) is 1.81. The molecule has 0 fully saturated rings. The molecule has 0 saturated carbocycles. The summed E-state index contributed by atoms with van der Waals surface area (Å²) in [7, 11) is 0. The predicted molar refractivity (Wildman–Crippen MR) is 57.8 cm³/mol. The minimum absolute atomic E-state index is 0.118. The van der Waals surface area contributed by atoms with E-state index >= 15 is 0 Å². The van der Waals surface area contributed by atoms with Crippen LogP contribution in [0.15, 0.2) is 12.3 Å². The van der Waals surface area contributed by atoms with Crippen LogP contribution in [0.4, 0.5) is 0 Å². The van der Waals surface area contributed by atoms with E-state index in [9.17, 15) is 0 Å². The van der Waals surface area contributed by atoms with Crippen LogP contribution in [-0.2, 0) is 6.54 Å². The highest BCUT2D eigenvalue weighted by Crippen LogP contribution is 2.15. The standard InChI is InChI=1S/C9H17N3S/c1-3-12-9(5-6-11-12)8(10)7-13-4-2/h5-6,8H,3-4,7,10H2,1-2H3. The molecule has 1 aromatic rings. The molecule has 0 bridgehead atoms. The zero-order valence-corrected chi connectivity index (χ0v) is 9.05. The normalized spacial score (nSPS) is 13.2. The Bertz CT molecular complexity index is 247. The third-order valence-electron chi connectivity index (χ3n) is 1.93. The van der Waals surface area contributed by atoms with E-state index in [2.05, 4.69) is 18.9 Å². The van der Waals surface area contributed by atoms with Crippen LogP contribution in [-0.4, -0.2) is 21.3 Å². The van der Waals surface area contributed by atoms with Crippen LogP contribution < -0.4 is 5.73 Å². The van der Waals surface area contributed by atoms with E-state index in [1.54, 1.807) is 0 Å². The quantitative estimate of drug-likeness (QED) is 0.784. The molecule has 4 heteroatoms. The minimum atomic E-state index is 0.118. The van der Waals surface area contributed by atoms with Gasteiger partial charge in [-0.1, -0.05) is 6.92 Å². The van der Waals surface area contributed by atoms with Gasteiger partial charge in [0.15, 0.2) is 0 Å². The fraction of sp³-hybridized carbons (Fsp3) is 0.667. The first-order valence-corrected chi connectivity index (χ1v) is 5.80. The van der Waals surface area contributed by atoms with Crippen LogP contribution in [0.5, 0.6) is 0 Å². The van der Waals surface area contributed by atoms with Crippen LogP contribution in [0, 0.1) is 0 Å². The molecule has 0 aliphatic heterocycles. The number of nitrogens with two attached hydrogens (primary N) is 1. The Kier molecular flexibility index (Phi) is 4.32. The number of thioether (sulfide) groups is 1. The summed E-state index contributed by atoms with van der Waals surface area (Å²) >= 11 is 1.87. The number of nitrogens with zero attached hydrogens (tertiary/aromatic N) is 2. The molecular weight excluding hydrogens is 182 g/mol. The third-order valence-corrected chi connectivity index (χ3v) is 2.93. The lowest BCUT2D eigenvalue weighted by molar-refractivity contribution is 0.593. The molecule has 0 radical (unpaired) electrons. The molecule has 2 N–H and O–H groups in total. The van der Waals surface area contributed by atoms with E-state index in [-0.39, 0.29) is 6.04 Å². The fourth-order valence-electron chi connectivity index (χ4n) is 1.25. The Morgan fingerprint density at radius 2 is 2.38 bits per heavy atom. The Morgan fingerprint density at radius 3 is 3.00 bits per heavy atom. The van der Waals surface area contributed by atoms with E-state index in [1.807, 2.05) is 28.7 Å². The average Bonchev–Trinajstić information content (AvgIpc) is 2.61. The van der Waals surface area contributed by atoms with Gasteiger partial charge in [0.05, 0.1) is 11.7 Å². The number of aryl methyl sites for hydroxylation is 1. The zero-order valence-electron chi connectivity index (χ0n) is 8.23. The molecular formula is C9H17N3S. The number of hydrogen-bond acceptors (Lipinski definition) is 3. The summed E-state index contributed by atoms with van der Waals surface area (Å²) in [4.78, 5) is 0. The predicted octanol–water partition coefficient (Wildman–Crippen LogP) is 1.66. The average molecular weight is 199 g/mol. The molecule has 1 atom stereocenters. The highest BCUT2D eigenvalue weighted by atomic mass is 32.2. The molecule has 0 spiro atoms. The highest BCUT2D eigenvalue weighted by molar-refractivity contribution is 7.99. The molecule has 1 rings (SSSR count). The van der Waals surface area contributed by atoms with Gasteiger partial charge >= 0.3 is 0 Å². The molecule has 1 heterocycles. The Hall–Kier alpha value is -0.480. The first-order chi connectivity index (χ1) is 6.29. The van der Waals surface area contributed by atoms with Crippen molar-refractivity contribution in [3.63, 3.8) is 0 Å². The topological polar surface area (TPSA) is 43.8 Å². The van der Waals surface area contributed by atoms with Crippen molar-refractivity contribution < 1.29 is 0 Å². The van der Waals surface area contributed by atoms with Crippen LogP contribution in [0.3, 0.4) is 0 Å². The second-order valence-corrected chi connectivity index (χ2v) is 4.16. The van der Waals surface area contributed by atoms with Gasteiger partial charge in [-0.15, -0.1) is 0 Å². The largest absolute Gasteiger partial charge is 0.322 e. The molecule has 13 heavy (non-hydrogen) atoms. The SMILES string of the molecule is CCSCC(N)c1ccnn1CC. The molecule has 1 unspecified atom stereocenters. The maximum absolute atomic E-state index is 6.02. The molecule has 0 aliphatic rings. The number of rotatable bonds is 5. The summed E-state index contributed by atoms with van der Waals surface area (Å²) in [6, 6.07) is 2.12. The number of aromatic nitrogens is 2. The van der Waals surface area contributed by atoms with Crippen molar-refractivity contribution in [2.24, 2.45) is 5.73 Å². The van der Waals surface area contributed by atoms with E-state index in [1.165, 1.54) is 0 Å². The lowest BCUT2D eigenvalue weighted by Crippen LogP contribution is -2.18. The van der Waals surface area contributed by atoms with Gasteiger partial charge in [-0.3, -0.25) is 4.68 Å². The second-order valence-electron chi connectivity index (χ2n) is 2.84. The van der Waals surface area contributed by atoms with Crippen LogP contribution in [0.1, 0.15) is 25.6 Å². The summed E-state index contributed by atoms with van der Waals surface area (Å²) < 4.78 is 1.96. The van der Waals surface area contributed by atoms with Crippen LogP contribution in [0.25, 0.3) is 0 Å². The maximum atomic E-state index is 6.02. The van der Waals surface area contributed by atoms with E-state index in [4.69, 9.17) is 5.73 Å². The summed E-state index contributed by atoms with van der Waals surface area (Å²) in [5.74, 6) is 2.09. The van der Waals surface area contributed by atoms with Gasteiger partial charge in [0, 0.05) is 18.5 Å². The van der Waals surface area contributed by atoms with Crippen LogP contribution >= 0.6 is 11.8 Å². The van der Waals surface area contributed by atoms with Crippen molar-refractivity contribution in [2.75, 3.05) is 11.5 Å². The molecule has 3 nitrogen and oxygen atoms in total. The lowest BCUT2D eigenvalue weighted by Gasteiger charge is -2.12. The Morgan fingerprint density at radius 1 is 1.62 bits per heavy atom. The van der Waals surface area contributed by atoms with Crippen molar-refractivity contribution in [3.8, 4) is 0 Å². The first-order valence-electron chi connectivity index (χ1n) is 4.64. The molecule has 74 valence electrons. The molecule has 0 amide bonds. The maximum Gasteiger partial charge on any atom is 0.0559 e. The van der Waals surface area contributed by atoms with Gasteiger partial charge in [-0.25, -0.2) is 0 Å². The third kappa shape index (κ3) is 2.74. The van der Waals surface area contributed by atoms with E-state index in [0.717, 1.165) is 23.7 Å². The van der Waals surface area contributed by atoms with Gasteiger partial charge in [0.1, 0.15) is 0 Å². The Balaban J connectivity index is 2.59. The van der Waals surface area contributed by atoms with Gasteiger partial charge in [0.25, 0.3) is 0 Å². The van der Waals surface area contributed by atoms with Gasteiger partial charge in [-0.2, -0.15) is 16.9 Å². The Labute approximate surface area is 83.7 Å². The van der Waals surface area contributed by atoms with Gasteiger partial charge < -0.3 is 5.73 Å². The number of hydrogen-bond donors (Lipinski definition) is 1. The van der Waals surface area contributed by atoms with Crippen molar-refractivity contribution in [3.05, 3.63) is 18.0 Å². The summed E-state index contributed by atoms with van der Waals surface area (Å²) in [5.41, 5.74) is 7.16. The lowest BCUT2D eigenvalue weighted by atomic mass is 10.2. The molecule has 0 aromatic carbocycles. The van der Waals surface area contributed by atoms with Gasteiger partial charge in [0.2, 0.25) is 0 Å². The van der Waals surface area contributed by atoms with Crippen molar-refractivity contribution in [1.29, 1.82) is 0 Å². The van der Waals surface area contributed by atoms with E-state index < -0.39 is 0 Å². The minimum Gasteiger partial charge on any atom is -0.322 e. The molecule has 1 aromatic heterocycles. The van der Waals surface area contributed by atoms with E-state index in [0.29, 0.717) is 0 Å². The second kappa shape index (κ2) is 5.29. The zero-order chi connectivity index (χ0) is 9.68.